The Balaban J connectivity index is 1.57. The van der Waals surface area contributed by atoms with Gasteiger partial charge in [-0.2, -0.15) is 0 Å². The van der Waals surface area contributed by atoms with E-state index in [9.17, 15) is 14.4 Å². The van der Waals surface area contributed by atoms with E-state index in [1.165, 1.54) is 12.0 Å². The first kappa shape index (κ1) is 23.7. The van der Waals surface area contributed by atoms with Gasteiger partial charge in [-0.3, -0.25) is 15.1 Å². The molecule has 1 fully saturated rings. The second kappa shape index (κ2) is 9.23. The van der Waals surface area contributed by atoms with E-state index in [4.69, 9.17) is 15.9 Å². The normalized spacial score (nSPS) is 17.1. The number of nitrogen functional groups attached to an aromatic ring is 1. The zero-order chi connectivity index (χ0) is 26.2. The van der Waals surface area contributed by atoms with Crippen molar-refractivity contribution in [1.82, 2.24) is 10.2 Å². The summed E-state index contributed by atoms with van der Waals surface area (Å²) in [5.74, 6) is -1.04. The molecular weight excluding hydrogens is 468 g/mol. The van der Waals surface area contributed by atoms with Gasteiger partial charge in [-0.25, -0.2) is 9.59 Å². The van der Waals surface area contributed by atoms with E-state index in [0.29, 0.717) is 16.7 Å². The van der Waals surface area contributed by atoms with E-state index < -0.39 is 23.4 Å². The van der Waals surface area contributed by atoms with Crippen LogP contribution in [0, 0.1) is 5.41 Å². The van der Waals surface area contributed by atoms with Crippen LogP contribution in [-0.4, -0.2) is 35.8 Å². The van der Waals surface area contributed by atoms with Crippen LogP contribution >= 0.6 is 0 Å². The Morgan fingerprint density at radius 1 is 0.892 bits per heavy atom. The van der Waals surface area contributed by atoms with Crippen molar-refractivity contribution in [3.8, 4) is 0 Å². The molecule has 184 valence electrons. The zero-order valence-electron chi connectivity index (χ0n) is 20.0. The third kappa shape index (κ3) is 4.08. The van der Waals surface area contributed by atoms with Crippen molar-refractivity contribution in [2.24, 2.45) is 5.73 Å². The summed E-state index contributed by atoms with van der Waals surface area (Å²) in [5.41, 5.74) is 6.75. The minimum absolute atomic E-state index is 0.0379. The maximum Gasteiger partial charge on any atom is 0.337 e. The monoisotopic (exact) mass is 492 g/mol. The lowest BCUT2D eigenvalue weighted by atomic mass is 9.82. The van der Waals surface area contributed by atoms with Gasteiger partial charge >= 0.3 is 12.0 Å². The van der Waals surface area contributed by atoms with E-state index in [2.05, 4.69) is 5.32 Å². The average Bonchev–Trinajstić information content (AvgIpc) is 3.18. The fraction of sp³-hybridized carbons (Fsp3) is 0.103. The van der Waals surface area contributed by atoms with E-state index in [1.807, 2.05) is 30.3 Å². The average molecular weight is 493 g/mol. The molecule has 8 heteroatoms. The minimum atomic E-state index is -1.51. The number of amidine groups is 1. The standard InChI is InChI=1S/C29H24N4O4/c1-37-26(34)21-6-5-9-24(16-21)29(23-7-3-2-4-8-23)27(35)33(28(36)32-29)17-18-10-11-19-12-13-20(25(30)31)15-22(19)14-18/h2-16H,17H2,1H3,(H3,30,31)(H,32,36). The van der Waals surface area contributed by atoms with Crippen LogP contribution < -0.4 is 11.1 Å². The van der Waals surface area contributed by atoms with E-state index in [0.717, 1.165) is 16.3 Å². The summed E-state index contributed by atoms with van der Waals surface area (Å²) in [6, 6.07) is 26.0. The Bertz CT molecular complexity index is 1570. The summed E-state index contributed by atoms with van der Waals surface area (Å²) in [6.07, 6.45) is 0. The van der Waals surface area contributed by atoms with Crippen molar-refractivity contribution >= 4 is 34.5 Å². The Labute approximate surface area is 213 Å². The van der Waals surface area contributed by atoms with Gasteiger partial charge in [0.15, 0.2) is 5.54 Å². The van der Waals surface area contributed by atoms with Crippen molar-refractivity contribution in [1.29, 1.82) is 5.41 Å². The lowest BCUT2D eigenvalue weighted by molar-refractivity contribution is -0.130. The van der Waals surface area contributed by atoms with Crippen LogP contribution in [0.5, 0.6) is 0 Å². The first-order valence-corrected chi connectivity index (χ1v) is 11.6. The van der Waals surface area contributed by atoms with Gasteiger partial charge in [-0.1, -0.05) is 66.7 Å². The molecule has 4 aromatic carbocycles. The Kier molecular flexibility index (Phi) is 5.93. The number of amides is 3. The predicted octanol–water partition coefficient (Wildman–Crippen LogP) is 3.91. The molecule has 37 heavy (non-hydrogen) atoms. The molecule has 5 rings (SSSR count). The maximum absolute atomic E-state index is 14.1. The molecule has 1 aliphatic heterocycles. The number of carbonyl (C=O) groups excluding carboxylic acids is 3. The van der Waals surface area contributed by atoms with Crippen LogP contribution in [0.1, 0.15) is 32.6 Å². The second-order valence-corrected chi connectivity index (χ2v) is 8.82. The predicted molar refractivity (Wildman–Crippen MR) is 139 cm³/mol. The summed E-state index contributed by atoms with van der Waals surface area (Å²) in [4.78, 5) is 40.8. The number of nitrogens with zero attached hydrogens (tertiary/aromatic N) is 1. The van der Waals surface area contributed by atoms with Crippen molar-refractivity contribution < 1.29 is 19.1 Å². The molecule has 0 aliphatic carbocycles. The topological polar surface area (TPSA) is 126 Å². The number of esters is 1. The van der Waals surface area contributed by atoms with Crippen molar-refractivity contribution in [2.45, 2.75) is 12.1 Å². The van der Waals surface area contributed by atoms with Gasteiger partial charge in [0.1, 0.15) is 5.84 Å². The molecule has 0 radical (unpaired) electrons. The Morgan fingerprint density at radius 3 is 2.35 bits per heavy atom. The largest absolute Gasteiger partial charge is 0.465 e. The van der Waals surface area contributed by atoms with Crippen molar-refractivity contribution in [3.05, 3.63) is 119 Å². The quantitative estimate of drug-likeness (QED) is 0.163. The Morgan fingerprint density at radius 2 is 1.62 bits per heavy atom. The Hall–Kier alpha value is -4.98. The van der Waals surface area contributed by atoms with Gasteiger partial charge in [-0.15, -0.1) is 0 Å². The molecule has 3 amide bonds. The molecule has 0 spiro atoms. The molecule has 4 N–H and O–H groups in total. The number of hydrogen-bond donors (Lipinski definition) is 3. The summed E-state index contributed by atoms with van der Waals surface area (Å²) in [5, 5.41) is 12.4. The minimum Gasteiger partial charge on any atom is -0.465 e. The summed E-state index contributed by atoms with van der Waals surface area (Å²) in [6.45, 7) is 0.0379. The number of carbonyl (C=O) groups is 3. The molecule has 1 aliphatic rings. The molecular formula is C29H24N4O4. The number of nitrogens with one attached hydrogen (secondary N) is 2. The van der Waals surface area contributed by atoms with Crippen LogP contribution in [-0.2, 0) is 21.6 Å². The smallest absolute Gasteiger partial charge is 0.337 e. The lowest BCUT2D eigenvalue weighted by Crippen LogP contribution is -2.45. The number of rotatable bonds is 6. The van der Waals surface area contributed by atoms with Gasteiger partial charge in [0, 0.05) is 5.56 Å². The van der Waals surface area contributed by atoms with Crippen LogP contribution in [0.25, 0.3) is 10.8 Å². The maximum atomic E-state index is 14.1. The molecule has 1 unspecified atom stereocenters. The second-order valence-electron chi connectivity index (χ2n) is 8.82. The van der Waals surface area contributed by atoms with Crippen LogP contribution in [0.3, 0.4) is 0 Å². The first-order valence-electron chi connectivity index (χ1n) is 11.6. The number of ether oxygens (including phenoxy) is 1. The summed E-state index contributed by atoms with van der Waals surface area (Å²) < 4.78 is 4.86. The van der Waals surface area contributed by atoms with Crippen LogP contribution in [0.2, 0.25) is 0 Å². The van der Waals surface area contributed by atoms with Crippen LogP contribution in [0.4, 0.5) is 4.79 Å². The fourth-order valence-corrected chi connectivity index (χ4v) is 4.71. The summed E-state index contributed by atoms with van der Waals surface area (Å²) in [7, 11) is 1.29. The van der Waals surface area contributed by atoms with Crippen LogP contribution in [0.15, 0.2) is 91.0 Å². The zero-order valence-corrected chi connectivity index (χ0v) is 20.0. The molecule has 8 nitrogen and oxygen atoms in total. The van der Waals surface area contributed by atoms with Gasteiger partial charge in [0.05, 0.1) is 19.2 Å². The highest BCUT2D eigenvalue weighted by molar-refractivity contribution is 6.10. The highest BCUT2D eigenvalue weighted by atomic mass is 16.5. The van der Waals surface area contributed by atoms with E-state index in [1.54, 1.807) is 60.7 Å². The molecule has 0 saturated carbocycles. The number of urea groups is 1. The third-order valence-corrected chi connectivity index (χ3v) is 6.59. The molecule has 1 saturated heterocycles. The third-order valence-electron chi connectivity index (χ3n) is 6.59. The molecule has 0 bridgehead atoms. The SMILES string of the molecule is COC(=O)c1cccc(C2(c3ccccc3)NC(=O)N(Cc3ccc4ccc(C(=N)N)cc4c3)C2=O)c1. The van der Waals surface area contributed by atoms with Gasteiger partial charge in [0.25, 0.3) is 5.91 Å². The molecule has 0 aromatic heterocycles. The highest BCUT2D eigenvalue weighted by Crippen LogP contribution is 2.37. The number of fused-ring (bicyclic) bond motifs is 1. The first-order chi connectivity index (χ1) is 17.8. The highest BCUT2D eigenvalue weighted by Gasteiger charge is 2.53. The number of nitrogens with two attached hydrogens (primary N) is 1. The summed E-state index contributed by atoms with van der Waals surface area (Å²) >= 11 is 0. The van der Waals surface area contributed by atoms with Gasteiger partial charge in [-0.05, 0) is 51.7 Å². The fourth-order valence-electron chi connectivity index (χ4n) is 4.71. The molecule has 4 aromatic rings. The number of benzene rings is 4. The van der Waals surface area contributed by atoms with Crippen molar-refractivity contribution in [2.75, 3.05) is 7.11 Å². The molecule has 1 atom stereocenters. The van der Waals surface area contributed by atoms with Gasteiger partial charge in [0.2, 0.25) is 0 Å². The van der Waals surface area contributed by atoms with E-state index >= 15 is 0 Å². The van der Waals surface area contributed by atoms with E-state index in [-0.39, 0.29) is 17.9 Å². The number of imide groups is 1. The van der Waals surface area contributed by atoms with Gasteiger partial charge < -0.3 is 15.8 Å². The van der Waals surface area contributed by atoms with Crippen molar-refractivity contribution in [3.63, 3.8) is 0 Å². The molecule has 1 heterocycles. The number of hydrogen-bond acceptors (Lipinski definition) is 5. The lowest BCUT2D eigenvalue weighted by Gasteiger charge is -2.28. The number of methoxy groups -OCH3 is 1.